The third-order valence-electron chi connectivity index (χ3n) is 6.90. The third kappa shape index (κ3) is 3.78. The highest BCUT2D eigenvalue weighted by atomic mass is 35.5. The summed E-state index contributed by atoms with van der Waals surface area (Å²) >= 11 is 6.05. The topological polar surface area (TPSA) is 82.4 Å². The number of fused-ring (bicyclic) bond motifs is 3. The van der Waals surface area contributed by atoms with Crippen molar-refractivity contribution in [3.63, 3.8) is 0 Å². The summed E-state index contributed by atoms with van der Waals surface area (Å²) < 4.78 is 0. The molecule has 7 heteroatoms. The molecule has 1 unspecified atom stereocenters. The number of hydrogen-bond acceptors (Lipinski definition) is 3. The average Bonchev–Trinajstić information content (AvgIpc) is 3.16. The van der Waals surface area contributed by atoms with Crippen molar-refractivity contribution >= 4 is 34.3 Å². The van der Waals surface area contributed by atoms with Crippen LogP contribution in [-0.4, -0.2) is 59.8 Å². The molecule has 2 aromatic carbocycles. The number of nitrogens with two attached hydrogens (primary N) is 1. The van der Waals surface area contributed by atoms with Crippen LogP contribution < -0.4 is 5.73 Å². The van der Waals surface area contributed by atoms with Crippen molar-refractivity contribution < 1.29 is 9.59 Å². The molecule has 5 rings (SSSR count). The molecule has 1 aliphatic carbocycles. The lowest BCUT2D eigenvalue weighted by atomic mass is 9.84. The van der Waals surface area contributed by atoms with Crippen molar-refractivity contribution in [1.29, 1.82) is 0 Å². The van der Waals surface area contributed by atoms with Gasteiger partial charge < -0.3 is 20.5 Å². The number of primary amides is 1. The Morgan fingerprint density at radius 1 is 1.06 bits per heavy atom. The smallest absolute Gasteiger partial charge is 0.250 e. The van der Waals surface area contributed by atoms with Crippen LogP contribution >= 0.6 is 11.6 Å². The van der Waals surface area contributed by atoms with E-state index in [1.54, 1.807) is 0 Å². The fraction of sp³-hybridized carbons (Fsp3) is 0.360. The standard InChI is InChI=1S/C25H27ClN4O2/c1-29-8-10-30(11-9-29)25(32)16-4-7-22-19(12-16)20-13-17(15-2-5-18(26)6-3-15)14-21(24(27)31)23(20)28-22/h2-3,5-6,13-14,16,28H,4,7-12H2,1H3,(H2,27,31). The van der Waals surface area contributed by atoms with Crippen molar-refractivity contribution in [2.24, 2.45) is 11.7 Å². The highest BCUT2D eigenvalue weighted by Crippen LogP contribution is 2.37. The van der Waals surface area contributed by atoms with Gasteiger partial charge in [0.25, 0.3) is 5.91 Å². The maximum absolute atomic E-state index is 13.2. The maximum Gasteiger partial charge on any atom is 0.250 e. The number of aromatic amines is 1. The third-order valence-corrected chi connectivity index (χ3v) is 7.16. The van der Waals surface area contributed by atoms with Crippen molar-refractivity contribution in [2.45, 2.75) is 19.3 Å². The Bertz CT molecular complexity index is 1190. The molecule has 1 aromatic heterocycles. The molecule has 0 bridgehead atoms. The largest absolute Gasteiger partial charge is 0.366 e. The van der Waals surface area contributed by atoms with Crippen LogP contribution in [0.1, 0.15) is 28.0 Å². The molecule has 0 spiro atoms. The Balaban J connectivity index is 1.52. The van der Waals surface area contributed by atoms with Gasteiger partial charge in [0.1, 0.15) is 0 Å². The summed E-state index contributed by atoms with van der Waals surface area (Å²) in [4.78, 5) is 33.2. The molecule has 2 amide bonds. The molecule has 0 saturated carbocycles. The number of carbonyl (C=O) groups excluding carboxylic acids is 2. The van der Waals surface area contributed by atoms with Crippen LogP contribution in [0.15, 0.2) is 36.4 Å². The van der Waals surface area contributed by atoms with E-state index in [4.69, 9.17) is 17.3 Å². The molecular formula is C25H27ClN4O2. The first-order valence-corrected chi connectivity index (χ1v) is 11.5. The summed E-state index contributed by atoms with van der Waals surface area (Å²) in [6.07, 6.45) is 2.30. The molecule has 1 fully saturated rings. The number of likely N-dealkylation sites (N-methyl/N-ethyl adjacent to an activating group) is 1. The van der Waals surface area contributed by atoms with E-state index in [0.29, 0.717) is 17.0 Å². The van der Waals surface area contributed by atoms with Crippen molar-refractivity contribution in [3.8, 4) is 11.1 Å². The molecule has 0 radical (unpaired) electrons. The lowest BCUT2D eigenvalue weighted by Gasteiger charge is -2.35. The number of amides is 2. The Kier molecular flexibility index (Phi) is 5.43. The van der Waals surface area contributed by atoms with Crippen molar-refractivity contribution in [3.05, 3.63) is 58.2 Å². The van der Waals surface area contributed by atoms with Gasteiger partial charge in [-0.1, -0.05) is 23.7 Å². The Morgan fingerprint density at radius 2 is 1.78 bits per heavy atom. The number of rotatable bonds is 3. The zero-order chi connectivity index (χ0) is 22.4. The highest BCUT2D eigenvalue weighted by molar-refractivity contribution is 6.30. The molecule has 6 nitrogen and oxygen atoms in total. The second-order valence-corrected chi connectivity index (χ2v) is 9.40. The lowest BCUT2D eigenvalue weighted by molar-refractivity contribution is -0.137. The minimum absolute atomic E-state index is 0.0267. The van der Waals surface area contributed by atoms with Gasteiger partial charge in [0, 0.05) is 48.2 Å². The van der Waals surface area contributed by atoms with Crippen molar-refractivity contribution in [2.75, 3.05) is 33.2 Å². The zero-order valence-corrected chi connectivity index (χ0v) is 18.9. The predicted octanol–water partition coefficient (Wildman–Crippen LogP) is 3.47. The van der Waals surface area contributed by atoms with Gasteiger partial charge in [-0.2, -0.15) is 0 Å². The minimum atomic E-state index is -0.463. The summed E-state index contributed by atoms with van der Waals surface area (Å²) in [5.74, 6) is -0.238. The van der Waals surface area contributed by atoms with Gasteiger partial charge in [-0.25, -0.2) is 0 Å². The number of H-pyrrole nitrogens is 1. The van der Waals surface area contributed by atoms with E-state index in [2.05, 4.69) is 23.0 Å². The minimum Gasteiger partial charge on any atom is -0.366 e. The summed E-state index contributed by atoms with van der Waals surface area (Å²) in [6, 6.07) is 11.5. The first-order chi connectivity index (χ1) is 15.4. The molecule has 2 heterocycles. The van der Waals surface area contributed by atoms with Gasteiger partial charge in [-0.3, -0.25) is 9.59 Å². The van der Waals surface area contributed by atoms with Gasteiger partial charge >= 0.3 is 0 Å². The second-order valence-electron chi connectivity index (χ2n) is 8.97. The second kappa shape index (κ2) is 8.26. The number of piperazine rings is 1. The number of halogens is 1. The number of benzene rings is 2. The Morgan fingerprint density at radius 3 is 2.47 bits per heavy atom. The molecule has 32 heavy (non-hydrogen) atoms. The molecule has 2 aliphatic rings. The van der Waals surface area contributed by atoms with E-state index in [-0.39, 0.29) is 11.8 Å². The SMILES string of the molecule is CN1CCN(C(=O)C2CCc3[nH]c4c(C(N)=O)cc(-c5ccc(Cl)cc5)cc4c3C2)CC1. The van der Waals surface area contributed by atoms with Gasteiger partial charge in [0.15, 0.2) is 0 Å². The number of hydrogen-bond donors (Lipinski definition) is 2. The highest BCUT2D eigenvalue weighted by Gasteiger charge is 2.32. The monoisotopic (exact) mass is 450 g/mol. The van der Waals surface area contributed by atoms with Crippen LogP contribution in [0.3, 0.4) is 0 Å². The van der Waals surface area contributed by atoms with Gasteiger partial charge in [-0.15, -0.1) is 0 Å². The maximum atomic E-state index is 13.2. The number of nitrogens with one attached hydrogen (secondary N) is 1. The van der Waals surface area contributed by atoms with Crippen molar-refractivity contribution in [1.82, 2.24) is 14.8 Å². The van der Waals surface area contributed by atoms with Crippen LogP contribution in [0.25, 0.3) is 22.0 Å². The average molecular weight is 451 g/mol. The molecule has 1 aliphatic heterocycles. The molecule has 3 aromatic rings. The van der Waals surface area contributed by atoms with Crippen LogP contribution in [0.2, 0.25) is 5.02 Å². The first-order valence-electron chi connectivity index (χ1n) is 11.1. The van der Waals surface area contributed by atoms with Gasteiger partial charge in [0.2, 0.25) is 5.91 Å². The van der Waals surface area contributed by atoms with Crippen LogP contribution in [0, 0.1) is 5.92 Å². The first kappa shape index (κ1) is 21.0. The predicted molar refractivity (Wildman–Crippen MR) is 127 cm³/mol. The summed E-state index contributed by atoms with van der Waals surface area (Å²) in [6.45, 7) is 3.42. The summed E-state index contributed by atoms with van der Waals surface area (Å²) in [5, 5.41) is 1.64. The molecule has 1 saturated heterocycles. The lowest BCUT2D eigenvalue weighted by Crippen LogP contribution is -2.49. The fourth-order valence-corrected chi connectivity index (χ4v) is 5.14. The molecular weight excluding hydrogens is 424 g/mol. The van der Waals surface area contributed by atoms with E-state index in [0.717, 1.165) is 72.3 Å². The van der Waals surface area contributed by atoms with Crippen LogP contribution in [-0.2, 0) is 17.6 Å². The van der Waals surface area contributed by atoms with Crippen LogP contribution in [0.5, 0.6) is 0 Å². The van der Waals surface area contributed by atoms with E-state index in [1.807, 2.05) is 35.2 Å². The van der Waals surface area contributed by atoms with E-state index in [1.165, 1.54) is 0 Å². The quantitative estimate of drug-likeness (QED) is 0.641. The van der Waals surface area contributed by atoms with E-state index >= 15 is 0 Å². The normalized spacial score (nSPS) is 19.2. The summed E-state index contributed by atoms with van der Waals surface area (Å²) in [5.41, 5.74) is 11.1. The van der Waals surface area contributed by atoms with E-state index < -0.39 is 5.91 Å². The Hall–Kier alpha value is -2.83. The van der Waals surface area contributed by atoms with Crippen LogP contribution in [0.4, 0.5) is 0 Å². The van der Waals surface area contributed by atoms with E-state index in [9.17, 15) is 9.59 Å². The Labute approximate surface area is 192 Å². The van der Waals surface area contributed by atoms with Gasteiger partial charge in [-0.05, 0) is 67.3 Å². The molecule has 166 valence electrons. The molecule has 3 N–H and O–H groups in total. The summed E-state index contributed by atoms with van der Waals surface area (Å²) in [7, 11) is 2.09. The molecule has 1 atom stereocenters. The number of carbonyl (C=O) groups is 2. The number of aromatic nitrogens is 1. The fourth-order valence-electron chi connectivity index (χ4n) is 5.02. The number of aryl methyl sites for hydroxylation is 1. The zero-order valence-electron chi connectivity index (χ0n) is 18.2. The number of nitrogens with zero attached hydrogens (tertiary/aromatic N) is 2. The van der Waals surface area contributed by atoms with Gasteiger partial charge in [0.05, 0.1) is 11.1 Å².